The fourth-order valence-corrected chi connectivity index (χ4v) is 2.98. The SMILES string of the molecule is Cn1cc(-c2ccc3nnc(NC(=O)C4CCCN4)cc3c2)cn1. The molecule has 3 aromatic rings. The zero-order valence-corrected chi connectivity index (χ0v) is 13.4. The number of anilines is 1. The van der Waals surface area contributed by atoms with Crippen molar-refractivity contribution >= 4 is 22.6 Å². The summed E-state index contributed by atoms with van der Waals surface area (Å²) < 4.78 is 1.77. The van der Waals surface area contributed by atoms with Crippen molar-refractivity contribution in [1.29, 1.82) is 0 Å². The van der Waals surface area contributed by atoms with E-state index in [0.29, 0.717) is 5.82 Å². The molecule has 2 N–H and O–H groups in total. The Balaban J connectivity index is 1.62. The lowest BCUT2D eigenvalue weighted by molar-refractivity contribution is -0.117. The number of aromatic nitrogens is 4. The van der Waals surface area contributed by atoms with Crippen LogP contribution in [0.5, 0.6) is 0 Å². The highest BCUT2D eigenvalue weighted by molar-refractivity contribution is 5.96. The minimum atomic E-state index is -0.135. The number of hydrogen-bond donors (Lipinski definition) is 2. The number of benzene rings is 1. The van der Waals surface area contributed by atoms with Crippen LogP contribution in [0.3, 0.4) is 0 Å². The van der Waals surface area contributed by atoms with Gasteiger partial charge in [-0.1, -0.05) is 6.07 Å². The highest BCUT2D eigenvalue weighted by atomic mass is 16.2. The lowest BCUT2D eigenvalue weighted by Crippen LogP contribution is -2.35. The Hall–Kier alpha value is -2.80. The number of carbonyl (C=O) groups is 1. The molecule has 0 spiro atoms. The molecule has 1 saturated heterocycles. The van der Waals surface area contributed by atoms with Crippen LogP contribution in [-0.4, -0.2) is 38.5 Å². The van der Waals surface area contributed by atoms with Gasteiger partial charge in [0.25, 0.3) is 0 Å². The van der Waals surface area contributed by atoms with E-state index in [1.807, 2.05) is 43.7 Å². The number of aryl methyl sites for hydroxylation is 1. The van der Waals surface area contributed by atoms with Crippen LogP contribution in [-0.2, 0) is 11.8 Å². The second-order valence-corrected chi connectivity index (χ2v) is 6.04. The van der Waals surface area contributed by atoms with Crippen molar-refractivity contribution in [1.82, 2.24) is 25.3 Å². The molecule has 1 aliphatic heterocycles. The van der Waals surface area contributed by atoms with Gasteiger partial charge >= 0.3 is 0 Å². The highest BCUT2D eigenvalue weighted by Gasteiger charge is 2.22. The molecular formula is C17H18N6O. The van der Waals surface area contributed by atoms with Crippen LogP contribution in [0.25, 0.3) is 22.0 Å². The maximum absolute atomic E-state index is 12.2. The first-order chi connectivity index (χ1) is 11.7. The molecule has 0 bridgehead atoms. The van der Waals surface area contributed by atoms with E-state index in [2.05, 4.69) is 25.9 Å². The van der Waals surface area contributed by atoms with Gasteiger partial charge < -0.3 is 10.6 Å². The summed E-state index contributed by atoms with van der Waals surface area (Å²) in [5.41, 5.74) is 2.88. The maximum atomic E-state index is 12.2. The molecule has 24 heavy (non-hydrogen) atoms. The third-order valence-electron chi connectivity index (χ3n) is 4.25. The molecule has 2 aromatic heterocycles. The average molecular weight is 322 g/mol. The van der Waals surface area contributed by atoms with E-state index < -0.39 is 0 Å². The third kappa shape index (κ3) is 2.85. The average Bonchev–Trinajstić information content (AvgIpc) is 3.25. The molecule has 7 nitrogen and oxygen atoms in total. The summed E-state index contributed by atoms with van der Waals surface area (Å²) in [5.74, 6) is 0.425. The quantitative estimate of drug-likeness (QED) is 0.767. The van der Waals surface area contributed by atoms with Crippen molar-refractivity contribution in [2.45, 2.75) is 18.9 Å². The van der Waals surface area contributed by atoms with E-state index in [4.69, 9.17) is 0 Å². The summed E-state index contributed by atoms with van der Waals surface area (Å²) in [6.07, 6.45) is 5.67. The molecule has 122 valence electrons. The van der Waals surface area contributed by atoms with Gasteiger partial charge in [-0.2, -0.15) is 5.10 Å². The normalized spacial score (nSPS) is 17.3. The fourth-order valence-electron chi connectivity index (χ4n) is 2.98. The Morgan fingerprint density at radius 3 is 2.96 bits per heavy atom. The summed E-state index contributed by atoms with van der Waals surface area (Å²) in [6, 6.07) is 7.67. The molecule has 1 aromatic carbocycles. The number of fused-ring (bicyclic) bond motifs is 1. The zero-order valence-electron chi connectivity index (χ0n) is 13.4. The molecule has 1 atom stereocenters. The first-order valence-electron chi connectivity index (χ1n) is 8.00. The van der Waals surface area contributed by atoms with Gasteiger partial charge in [-0.05, 0) is 43.1 Å². The number of nitrogens with zero attached hydrogens (tertiary/aromatic N) is 4. The lowest BCUT2D eigenvalue weighted by Gasteiger charge is -2.10. The van der Waals surface area contributed by atoms with Gasteiger partial charge in [0.05, 0.1) is 17.8 Å². The van der Waals surface area contributed by atoms with Crippen LogP contribution in [0.1, 0.15) is 12.8 Å². The van der Waals surface area contributed by atoms with Gasteiger partial charge in [-0.25, -0.2) is 0 Å². The van der Waals surface area contributed by atoms with E-state index in [-0.39, 0.29) is 11.9 Å². The predicted octanol–water partition coefficient (Wildman–Crippen LogP) is 1.72. The number of carbonyl (C=O) groups excluding carboxylic acids is 1. The number of amides is 1. The molecule has 7 heteroatoms. The van der Waals surface area contributed by atoms with Crippen molar-refractivity contribution in [3.63, 3.8) is 0 Å². The van der Waals surface area contributed by atoms with Gasteiger partial charge in [-0.3, -0.25) is 9.48 Å². The first-order valence-corrected chi connectivity index (χ1v) is 8.00. The summed E-state index contributed by atoms with van der Waals surface area (Å²) in [4.78, 5) is 12.2. The standard InChI is InChI=1S/C17H18N6O/c1-23-10-13(9-19-23)11-4-5-14-12(7-11)8-16(22-21-14)20-17(24)15-3-2-6-18-15/h4-5,7-10,15,18H,2-3,6H2,1H3,(H,20,22,24). The van der Waals surface area contributed by atoms with E-state index >= 15 is 0 Å². The van der Waals surface area contributed by atoms with Crippen LogP contribution in [0.4, 0.5) is 5.82 Å². The fraction of sp³-hybridized carbons (Fsp3) is 0.294. The predicted molar refractivity (Wildman–Crippen MR) is 91.4 cm³/mol. The summed E-state index contributed by atoms with van der Waals surface area (Å²) in [5, 5.41) is 19.4. The topological polar surface area (TPSA) is 84.7 Å². The molecule has 4 rings (SSSR count). The van der Waals surface area contributed by atoms with Crippen molar-refractivity contribution in [2.75, 3.05) is 11.9 Å². The number of nitrogens with one attached hydrogen (secondary N) is 2. The minimum absolute atomic E-state index is 0.0513. The maximum Gasteiger partial charge on any atom is 0.242 e. The molecule has 0 radical (unpaired) electrons. The number of hydrogen-bond acceptors (Lipinski definition) is 5. The minimum Gasteiger partial charge on any atom is -0.308 e. The molecule has 1 amide bonds. The van der Waals surface area contributed by atoms with Gasteiger partial charge in [0.2, 0.25) is 5.91 Å². The van der Waals surface area contributed by atoms with Gasteiger partial charge in [0, 0.05) is 24.2 Å². The lowest BCUT2D eigenvalue weighted by atomic mass is 10.1. The Bertz CT molecular complexity index is 897. The van der Waals surface area contributed by atoms with Crippen molar-refractivity contribution < 1.29 is 4.79 Å². The smallest absolute Gasteiger partial charge is 0.242 e. The largest absolute Gasteiger partial charge is 0.308 e. The summed E-state index contributed by atoms with van der Waals surface area (Å²) >= 11 is 0. The first kappa shape index (κ1) is 14.8. The van der Waals surface area contributed by atoms with Gasteiger partial charge in [-0.15, -0.1) is 10.2 Å². The monoisotopic (exact) mass is 322 g/mol. The molecule has 0 saturated carbocycles. The van der Waals surface area contributed by atoms with E-state index in [0.717, 1.165) is 41.4 Å². The molecule has 1 unspecified atom stereocenters. The van der Waals surface area contributed by atoms with Crippen LogP contribution >= 0.6 is 0 Å². The summed E-state index contributed by atoms with van der Waals surface area (Å²) in [7, 11) is 1.89. The van der Waals surface area contributed by atoms with E-state index in [9.17, 15) is 4.79 Å². The number of rotatable bonds is 3. The molecule has 1 fully saturated rings. The van der Waals surface area contributed by atoms with E-state index in [1.165, 1.54) is 0 Å². The van der Waals surface area contributed by atoms with Crippen molar-refractivity contribution in [3.05, 3.63) is 36.7 Å². The van der Waals surface area contributed by atoms with Gasteiger partial charge in [0.15, 0.2) is 5.82 Å². The third-order valence-corrected chi connectivity index (χ3v) is 4.25. The molecule has 0 aliphatic carbocycles. The van der Waals surface area contributed by atoms with Crippen LogP contribution < -0.4 is 10.6 Å². The Morgan fingerprint density at radius 2 is 2.21 bits per heavy atom. The van der Waals surface area contributed by atoms with E-state index in [1.54, 1.807) is 4.68 Å². The molecule has 3 heterocycles. The van der Waals surface area contributed by atoms with Crippen LogP contribution in [0.15, 0.2) is 36.7 Å². The second kappa shape index (κ2) is 6.01. The van der Waals surface area contributed by atoms with Crippen molar-refractivity contribution in [3.8, 4) is 11.1 Å². The second-order valence-electron chi connectivity index (χ2n) is 6.04. The Morgan fingerprint density at radius 1 is 1.29 bits per heavy atom. The molecule has 1 aliphatic rings. The Kier molecular flexibility index (Phi) is 3.70. The van der Waals surface area contributed by atoms with Crippen LogP contribution in [0, 0.1) is 0 Å². The highest BCUT2D eigenvalue weighted by Crippen LogP contribution is 2.24. The van der Waals surface area contributed by atoms with Gasteiger partial charge in [0.1, 0.15) is 0 Å². The van der Waals surface area contributed by atoms with Crippen LogP contribution in [0.2, 0.25) is 0 Å². The molecular weight excluding hydrogens is 304 g/mol. The summed E-state index contributed by atoms with van der Waals surface area (Å²) in [6.45, 7) is 0.885. The van der Waals surface area contributed by atoms with Crippen molar-refractivity contribution in [2.24, 2.45) is 7.05 Å². The zero-order chi connectivity index (χ0) is 16.5. The Labute approximate surface area is 139 Å².